The summed E-state index contributed by atoms with van der Waals surface area (Å²) >= 11 is 0. The highest BCUT2D eigenvalue weighted by Gasteiger charge is 2.62. The van der Waals surface area contributed by atoms with Crippen molar-refractivity contribution >= 4 is 29.2 Å². The highest BCUT2D eigenvalue weighted by Crippen LogP contribution is 2.49. The van der Waals surface area contributed by atoms with Gasteiger partial charge in [0, 0.05) is 16.8 Å². The summed E-state index contributed by atoms with van der Waals surface area (Å²) < 4.78 is 5.29. The lowest BCUT2D eigenvalue weighted by molar-refractivity contribution is -0.140. The zero-order valence-electron chi connectivity index (χ0n) is 17.3. The van der Waals surface area contributed by atoms with Gasteiger partial charge in [-0.3, -0.25) is 9.59 Å². The van der Waals surface area contributed by atoms with E-state index in [9.17, 15) is 9.59 Å². The predicted molar refractivity (Wildman–Crippen MR) is 122 cm³/mol. The number of oxime groups is 1. The summed E-state index contributed by atoms with van der Waals surface area (Å²) in [4.78, 5) is 32.9. The van der Waals surface area contributed by atoms with E-state index in [1.807, 2.05) is 48.5 Å². The molecule has 0 saturated heterocycles. The Balaban J connectivity index is 1.62. The summed E-state index contributed by atoms with van der Waals surface area (Å²) in [5.41, 5.74) is 1.39. The lowest BCUT2D eigenvalue weighted by Gasteiger charge is -2.26. The second kappa shape index (κ2) is 7.81. The van der Waals surface area contributed by atoms with Gasteiger partial charge in [0.25, 0.3) is 11.5 Å². The molecule has 0 fully saturated rings. The van der Waals surface area contributed by atoms with E-state index < -0.39 is 17.4 Å². The minimum atomic E-state index is -1.56. The summed E-state index contributed by atoms with van der Waals surface area (Å²) in [7, 11) is 1.54. The van der Waals surface area contributed by atoms with Crippen molar-refractivity contribution in [2.24, 2.45) is 11.1 Å². The van der Waals surface area contributed by atoms with Gasteiger partial charge in [-0.15, -0.1) is 0 Å². The maximum absolute atomic E-state index is 13.8. The molecule has 0 radical (unpaired) electrons. The third-order valence-electron chi connectivity index (χ3n) is 5.77. The van der Waals surface area contributed by atoms with Gasteiger partial charge in [0.1, 0.15) is 11.7 Å². The molecule has 1 N–H and O–H groups in total. The first-order valence-corrected chi connectivity index (χ1v) is 10.2. The van der Waals surface area contributed by atoms with Gasteiger partial charge in [0.15, 0.2) is 5.78 Å². The predicted octanol–water partition coefficient (Wildman–Crippen LogP) is 4.44. The van der Waals surface area contributed by atoms with Crippen LogP contribution < -0.4 is 10.1 Å². The van der Waals surface area contributed by atoms with Crippen LogP contribution in [0.15, 0.2) is 90.1 Å². The Hall–Kier alpha value is -4.19. The van der Waals surface area contributed by atoms with Gasteiger partial charge in [0.2, 0.25) is 0 Å². The van der Waals surface area contributed by atoms with Crippen LogP contribution in [-0.2, 0) is 15.2 Å². The number of nitrogens with one attached hydrogen (secondary N) is 1. The third-order valence-corrected chi connectivity index (χ3v) is 5.77. The molecule has 0 bridgehead atoms. The van der Waals surface area contributed by atoms with Crippen molar-refractivity contribution in [2.75, 3.05) is 12.4 Å². The average molecular weight is 424 g/mol. The van der Waals surface area contributed by atoms with E-state index in [2.05, 4.69) is 10.5 Å². The Bertz CT molecular complexity index is 1270. The Labute approximate surface area is 185 Å². The van der Waals surface area contributed by atoms with Gasteiger partial charge in [0.05, 0.1) is 12.8 Å². The molecule has 2 aliphatic rings. The molecule has 158 valence electrons. The SMILES string of the molecule is COc1cccc(C(=O)[C@H]2C(/C=C/c3ccccc3)=NO[C@]23C(=O)Nc2ccccc23)c1. The number of methoxy groups -OCH3 is 1. The molecular formula is C26H20N2O4. The smallest absolute Gasteiger partial charge is 0.277 e. The van der Waals surface area contributed by atoms with Crippen molar-refractivity contribution in [1.82, 2.24) is 0 Å². The number of nitrogens with zero attached hydrogens (tertiary/aromatic N) is 1. The van der Waals surface area contributed by atoms with Crippen molar-refractivity contribution in [2.45, 2.75) is 5.60 Å². The normalized spacial score (nSPS) is 21.2. The maximum atomic E-state index is 13.8. The highest BCUT2D eigenvalue weighted by molar-refractivity contribution is 6.24. The number of amides is 1. The monoisotopic (exact) mass is 424 g/mol. The zero-order chi connectivity index (χ0) is 22.1. The molecule has 2 aliphatic heterocycles. The minimum absolute atomic E-state index is 0.273. The molecule has 1 amide bonds. The van der Waals surface area contributed by atoms with Gasteiger partial charge >= 0.3 is 0 Å². The number of anilines is 1. The van der Waals surface area contributed by atoms with E-state index in [1.165, 1.54) is 0 Å². The molecule has 0 aliphatic carbocycles. The quantitative estimate of drug-likeness (QED) is 0.615. The van der Waals surface area contributed by atoms with Crippen molar-refractivity contribution < 1.29 is 19.2 Å². The number of para-hydroxylation sites is 1. The Kier molecular flexibility index (Phi) is 4.82. The molecular weight excluding hydrogens is 404 g/mol. The topological polar surface area (TPSA) is 77.0 Å². The molecule has 1 spiro atoms. The van der Waals surface area contributed by atoms with Gasteiger partial charge in [-0.25, -0.2) is 0 Å². The number of ketones is 1. The summed E-state index contributed by atoms with van der Waals surface area (Å²) in [5, 5.41) is 7.07. The van der Waals surface area contributed by atoms with Crippen LogP contribution in [0, 0.1) is 5.92 Å². The number of allylic oxidation sites excluding steroid dienone is 1. The maximum Gasteiger partial charge on any atom is 0.277 e. The van der Waals surface area contributed by atoms with Gasteiger partial charge in [-0.2, -0.15) is 0 Å². The van der Waals surface area contributed by atoms with Crippen LogP contribution in [0.3, 0.4) is 0 Å². The van der Waals surface area contributed by atoms with Gasteiger partial charge in [-0.05, 0) is 29.8 Å². The fourth-order valence-corrected chi connectivity index (χ4v) is 4.20. The Morgan fingerprint density at radius 3 is 2.62 bits per heavy atom. The van der Waals surface area contributed by atoms with Crippen LogP contribution in [0.1, 0.15) is 21.5 Å². The van der Waals surface area contributed by atoms with Crippen LogP contribution in [-0.4, -0.2) is 24.5 Å². The zero-order valence-corrected chi connectivity index (χ0v) is 17.3. The van der Waals surface area contributed by atoms with E-state index in [-0.39, 0.29) is 5.78 Å². The number of carbonyl (C=O) groups is 2. The first-order chi connectivity index (χ1) is 15.6. The molecule has 32 heavy (non-hydrogen) atoms. The van der Waals surface area contributed by atoms with E-state index in [0.717, 1.165) is 5.56 Å². The van der Waals surface area contributed by atoms with Crippen LogP contribution in [0.2, 0.25) is 0 Å². The molecule has 5 rings (SSSR count). The van der Waals surface area contributed by atoms with Crippen LogP contribution >= 0.6 is 0 Å². The Morgan fingerprint density at radius 2 is 1.81 bits per heavy atom. The van der Waals surface area contributed by atoms with E-state index >= 15 is 0 Å². The second-order valence-electron chi connectivity index (χ2n) is 7.62. The molecule has 3 aromatic carbocycles. The fraction of sp³-hybridized carbons (Fsp3) is 0.115. The molecule has 2 atom stereocenters. The Morgan fingerprint density at radius 1 is 1.03 bits per heavy atom. The van der Waals surface area contributed by atoms with Gasteiger partial charge < -0.3 is 14.9 Å². The van der Waals surface area contributed by atoms with E-state index in [0.29, 0.717) is 28.3 Å². The molecule has 0 aromatic heterocycles. The second-order valence-corrected chi connectivity index (χ2v) is 7.62. The van der Waals surface area contributed by atoms with Crippen molar-refractivity contribution in [3.8, 4) is 5.75 Å². The molecule has 0 unspecified atom stereocenters. The molecule has 6 heteroatoms. The molecule has 3 aromatic rings. The van der Waals surface area contributed by atoms with Crippen molar-refractivity contribution in [3.05, 3.63) is 102 Å². The highest BCUT2D eigenvalue weighted by atomic mass is 16.7. The summed E-state index contributed by atoms with van der Waals surface area (Å²) in [6.07, 6.45) is 3.59. The van der Waals surface area contributed by atoms with Crippen molar-refractivity contribution in [1.29, 1.82) is 0 Å². The standard InChI is InChI=1S/C26H20N2O4/c1-31-19-11-7-10-18(16-19)24(29)23-22(15-14-17-8-3-2-4-9-17)28-32-26(23)20-12-5-6-13-21(20)27-25(26)30/h2-16,23H,1H3,(H,27,30)/b15-14+/t23-,26+/m1/s1. The largest absolute Gasteiger partial charge is 0.497 e. The number of carbonyl (C=O) groups excluding carboxylic acids is 2. The first kappa shape index (κ1) is 19.8. The van der Waals surface area contributed by atoms with Crippen LogP contribution in [0.5, 0.6) is 5.75 Å². The number of benzene rings is 3. The van der Waals surface area contributed by atoms with Crippen molar-refractivity contribution in [3.63, 3.8) is 0 Å². The number of ether oxygens (including phenoxy) is 1. The average Bonchev–Trinajstić information content (AvgIpc) is 3.36. The fourth-order valence-electron chi connectivity index (χ4n) is 4.20. The third kappa shape index (κ3) is 3.08. The summed E-state index contributed by atoms with van der Waals surface area (Å²) in [6, 6.07) is 23.7. The first-order valence-electron chi connectivity index (χ1n) is 10.2. The van der Waals surface area contributed by atoms with Crippen LogP contribution in [0.25, 0.3) is 6.08 Å². The molecule has 0 saturated carbocycles. The summed E-state index contributed by atoms with van der Waals surface area (Å²) in [5.74, 6) is -1.09. The summed E-state index contributed by atoms with van der Waals surface area (Å²) in [6.45, 7) is 0. The lowest BCUT2D eigenvalue weighted by atomic mass is 9.75. The number of rotatable bonds is 5. The number of Topliss-reactive ketones (excluding diaryl/α,β-unsaturated/α-hetero) is 1. The van der Waals surface area contributed by atoms with Gasteiger partial charge in [-0.1, -0.05) is 71.9 Å². The molecule has 6 nitrogen and oxygen atoms in total. The number of fused-ring (bicyclic) bond motifs is 2. The van der Waals surface area contributed by atoms with E-state index in [4.69, 9.17) is 9.57 Å². The number of hydrogen-bond donors (Lipinski definition) is 1. The van der Waals surface area contributed by atoms with E-state index in [1.54, 1.807) is 49.6 Å². The molecule has 2 heterocycles. The minimum Gasteiger partial charge on any atom is -0.497 e. The van der Waals surface area contributed by atoms with Crippen LogP contribution in [0.4, 0.5) is 5.69 Å². The number of hydrogen-bond acceptors (Lipinski definition) is 5. The lowest BCUT2D eigenvalue weighted by Crippen LogP contribution is -2.46.